The number of carbonyl (C=O) groups is 2. The number of aliphatic hydroxyl groups is 2. The molecule has 0 radical (unpaired) electrons. The van der Waals surface area contributed by atoms with Gasteiger partial charge in [0.25, 0.3) is 5.91 Å². The van der Waals surface area contributed by atoms with Crippen molar-refractivity contribution in [3.63, 3.8) is 0 Å². The van der Waals surface area contributed by atoms with Gasteiger partial charge in [0.15, 0.2) is 0 Å². The zero-order valence-electron chi connectivity index (χ0n) is 36.0. The van der Waals surface area contributed by atoms with Gasteiger partial charge in [0, 0.05) is 61.0 Å². The molecule has 12 heteroatoms. The van der Waals surface area contributed by atoms with E-state index in [-0.39, 0.29) is 42.5 Å². The molecule has 1 aliphatic heterocycles. The number of ether oxygens (including phenoxy) is 2. The maximum Gasteiger partial charge on any atom is 0.251 e. The smallest absolute Gasteiger partial charge is 0.251 e. The van der Waals surface area contributed by atoms with Gasteiger partial charge in [0.2, 0.25) is 5.91 Å². The van der Waals surface area contributed by atoms with E-state index in [0.717, 1.165) is 40.1 Å². The van der Waals surface area contributed by atoms with Crippen molar-refractivity contribution in [1.82, 2.24) is 20.6 Å². The first kappa shape index (κ1) is 43.4. The summed E-state index contributed by atoms with van der Waals surface area (Å²) in [5.74, 6) is 1.73. The molecule has 2 unspecified atom stereocenters. The van der Waals surface area contributed by atoms with E-state index in [0.29, 0.717) is 42.0 Å². The van der Waals surface area contributed by atoms with Crippen LogP contribution in [0, 0.1) is 29.1 Å². The van der Waals surface area contributed by atoms with E-state index >= 15 is 0 Å². The monoisotopic (exact) mass is 799 g/mol. The van der Waals surface area contributed by atoms with Crippen molar-refractivity contribution in [2.24, 2.45) is 29.1 Å². The van der Waals surface area contributed by atoms with Crippen LogP contribution >= 0.6 is 0 Å². The molecule has 3 aromatic carbocycles. The number of likely N-dealkylation sites (N-methyl/N-ethyl adjacent to an activating group) is 1. The molecule has 0 spiro atoms. The summed E-state index contributed by atoms with van der Waals surface area (Å²) in [7, 11) is 11.1. The highest BCUT2D eigenvalue weighted by Gasteiger charge is 2.57. The van der Waals surface area contributed by atoms with E-state index in [9.17, 15) is 19.8 Å². The highest BCUT2D eigenvalue weighted by Crippen LogP contribution is 2.61. The Morgan fingerprint density at radius 3 is 2.34 bits per heavy atom. The summed E-state index contributed by atoms with van der Waals surface area (Å²) in [6, 6.07) is 18.4. The van der Waals surface area contributed by atoms with Crippen molar-refractivity contribution in [3.05, 3.63) is 77.4 Å². The number of nitrogens with one attached hydrogen (secondary N) is 2. The fourth-order valence-electron chi connectivity index (χ4n) is 9.99. The highest BCUT2D eigenvalue weighted by molar-refractivity contribution is 5.97. The van der Waals surface area contributed by atoms with E-state index < -0.39 is 24.2 Å². The SMILES string of the molecule is COc1ccccc1C[C@@H](CN(C)C)NC(=O)c1cc(-c2cccc(CN3O[C@@H](CO)C(C(C)O)[C@H]3C(=O)N[C@H]3C[C@H]4C[C@@H]([C@@H]3C)C4(C)C)c2OC)cc(N(C)C)c1. The normalized spacial score (nSPS) is 26.1. The summed E-state index contributed by atoms with van der Waals surface area (Å²) in [4.78, 5) is 38.8. The maximum absolute atomic E-state index is 14.3. The number of benzene rings is 3. The van der Waals surface area contributed by atoms with Crippen LogP contribution < -0.4 is 25.0 Å². The number of anilines is 1. The van der Waals surface area contributed by atoms with E-state index in [2.05, 4.69) is 36.3 Å². The van der Waals surface area contributed by atoms with Crippen LogP contribution in [0.3, 0.4) is 0 Å². The molecular weight excluding hydrogens is 735 g/mol. The van der Waals surface area contributed by atoms with Crippen molar-refractivity contribution < 1.29 is 34.1 Å². The molecule has 4 N–H and O–H groups in total. The number of nitrogens with zero attached hydrogens (tertiary/aromatic N) is 3. The Kier molecular flexibility index (Phi) is 13.4. The summed E-state index contributed by atoms with van der Waals surface area (Å²) in [5, 5.41) is 29.6. The Balaban J connectivity index is 1.29. The van der Waals surface area contributed by atoms with Gasteiger partial charge in [-0.2, -0.15) is 5.06 Å². The maximum atomic E-state index is 14.3. The molecular formula is C46H65N5O7. The molecule has 7 rings (SSSR count). The number of hydrogen-bond donors (Lipinski definition) is 4. The average Bonchev–Trinajstić information content (AvgIpc) is 3.56. The van der Waals surface area contributed by atoms with Crippen LogP contribution in [0.1, 0.15) is 62.0 Å². The van der Waals surface area contributed by atoms with Gasteiger partial charge in [-0.1, -0.05) is 57.2 Å². The van der Waals surface area contributed by atoms with E-state index in [4.69, 9.17) is 14.3 Å². The fraction of sp³-hybridized carbons (Fsp3) is 0.565. The number of methoxy groups -OCH3 is 2. The zero-order valence-corrected chi connectivity index (χ0v) is 36.0. The Morgan fingerprint density at radius 2 is 1.72 bits per heavy atom. The van der Waals surface area contributed by atoms with Crippen LogP contribution in [0.15, 0.2) is 60.7 Å². The molecule has 12 nitrogen and oxygen atoms in total. The topological polar surface area (TPSA) is 136 Å². The van der Waals surface area contributed by atoms with Crippen molar-refractivity contribution >= 4 is 17.5 Å². The molecule has 4 aliphatic rings. The minimum absolute atomic E-state index is 0.0292. The lowest BCUT2D eigenvalue weighted by Gasteiger charge is -2.62. The molecule has 3 aromatic rings. The third-order valence-electron chi connectivity index (χ3n) is 13.3. The van der Waals surface area contributed by atoms with E-state index in [1.165, 1.54) is 6.42 Å². The number of amides is 2. The van der Waals surface area contributed by atoms with Gasteiger partial charge in [0.1, 0.15) is 23.6 Å². The van der Waals surface area contributed by atoms with Crippen LogP contribution in [0.4, 0.5) is 5.69 Å². The van der Waals surface area contributed by atoms with Gasteiger partial charge in [-0.25, -0.2) is 0 Å². The van der Waals surface area contributed by atoms with Gasteiger partial charge in [-0.15, -0.1) is 0 Å². The first-order valence-corrected chi connectivity index (χ1v) is 20.7. The predicted octanol–water partition coefficient (Wildman–Crippen LogP) is 5.00. The van der Waals surface area contributed by atoms with Crippen LogP contribution in [0.5, 0.6) is 11.5 Å². The van der Waals surface area contributed by atoms with E-state index in [1.807, 2.05) is 93.8 Å². The number of aliphatic hydroxyl groups excluding tert-OH is 2. The lowest BCUT2D eigenvalue weighted by molar-refractivity contribution is -0.183. The average molecular weight is 800 g/mol. The van der Waals surface area contributed by atoms with Gasteiger partial charge >= 0.3 is 0 Å². The van der Waals surface area contributed by atoms with Gasteiger partial charge in [0.05, 0.1) is 33.5 Å². The van der Waals surface area contributed by atoms with Crippen LogP contribution in [-0.4, -0.2) is 118 Å². The second-order valence-corrected chi connectivity index (χ2v) is 17.8. The van der Waals surface area contributed by atoms with Crippen molar-refractivity contribution in [1.29, 1.82) is 0 Å². The number of para-hydroxylation sites is 2. The lowest BCUT2D eigenvalue weighted by Crippen LogP contribution is -2.62. The molecule has 0 aromatic heterocycles. The Labute approximate surface area is 344 Å². The zero-order chi connectivity index (χ0) is 42.1. The number of hydrogen-bond acceptors (Lipinski definition) is 10. The summed E-state index contributed by atoms with van der Waals surface area (Å²) >= 11 is 0. The molecule has 3 saturated carbocycles. The minimum Gasteiger partial charge on any atom is -0.496 e. The second kappa shape index (κ2) is 18.0. The van der Waals surface area contributed by atoms with Crippen LogP contribution in [-0.2, 0) is 22.6 Å². The number of rotatable bonds is 16. The highest BCUT2D eigenvalue weighted by atomic mass is 16.7. The van der Waals surface area contributed by atoms with Crippen LogP contribution in [0.2, 0.25) is 0 Å². The summed E-state index contributed by atoms with van der Waals surface area (Å²) in [6.45, 7) is 8.99. The number of hydroxylamine groups is 2. The summed E-state index contributed by atoms with van der Waals surface area (Å²) in [6.07, 6.45) is 1.04. The standard InChI is InChI=1S/C46H65N5O7/c1-27-37-22-33(46(37,3)4)23-38(27)48-45(55)42-41(28(2)53)40(26-52)58-51(42)24-30-15-13-16-36(43(30)57-10)31-18-32(21-35(20-31)50(7)8)44(54)47-34(25-49(5)6)19-29-14-11-12-17-39(29)56-9/h11-18,20-21,27-28,33-34,37-38,40-42,52-53H,19,22-26H2,1-10H3,(H,47,54)(H,48,55)/t27-,28?,33+,34-,37-,38-,40-,41?,42-/m0/s1. The largest absolute Gasteiger partial charge is 0.496 e. The van der Waals surface area contributed by atoms with Gasteiger partial charge in [-0.3, -0.25) is 14.4 Å². The number of fused-ring (bicyclic) bond motifs is 2. The summed E-state index contributed by atoms with van der Waals surface area (Å²) < 4.78 is 11.7. The quantitative estimate of drug-likeness (QED) is 0.157. The fourth-order valence-corrected chi connectivity index (χ4v) is 9.99. The molecule has 1 heterocycles. The van der Waals surface area contributed by atoms with E-state index in [1.54, 1.807) is 26.2 Å². The third-order valence-corrected chi connectivity index (χ3v) is 13.3. The van der Waals surface area contributed by atoms with Crippen LogP contribution in [0.25, 0.3) is 11.1 Å². The van der Waals surface area contributed by atoms with Gasteiger partial charge < -0.3 is 40.1 Å². The summed E-state index contributed by atoms with van der Waals surface area (Å²) in [5.41, 5.74) is 4.92. The predicted molar refractivity (Wildman–Crippen MR) is 227 cm³/mol. The third kappa shape index (κ3) is 8.86. The first-order chi connectivity index (χ1) is 27.6. The second-order valence-electron chi connectivity index (χ2n) is 17.8. The molecule has 2 amide bonds. The first-order valence-electron chi connectivity index (χ1n) is 20.7. The molecule has 316 valence electrons. The Hall–Kier alpha value is -4.20. The molecule has 58 heavy (non-hydrogen) atoms. The minimum atomic E-state index is -0.910. The molecule has 4 fully saturated rings. The van der Waals surface area contributed by atoms with Crippen molar-refractivity contribution in [2.75, 3.05) is 60.5 Å². The van der Waals surface area contributed by atoms with Gasteiger partial charge in [-0.05, 0) is 98.8 Å². The Bertz CT molecular complexity index is 1920. The van der Waals surface area contributed by atoms with Crippen molar-refractivity contribution in [2.45, 2.75) is 83.8 Å². The molecule has 1 saturated heterocycles. The van der Waals surface area contributed by atoms with Crippen molar-refractivity contribution in [3.8, 4) is 22.6 Å². The lowest BCUT2D eigenvalue weighted by atomic mass is 9.45. The molecule has 9 atom stereocenters. The molecule has 3 aliphatic carbocycles. The Morgan fingerprint density at radius 1 is 1.00 bits per heavy atom. The molecule has 2 bridgehead atoms. The number of carbonyl (C=O) groups excluding carboxylic acids is 2.